The van der Waals surface area contributed by atoms with Crippen LogP contribution in [0.4, 0.5) is 0 Å². The van der Waals surface area contributed by atoms with Crippen molar-refractivity contribution in [3.05, 3.63) is 54.5 Å². The molecule has 25 heavy (non-hydrogen) atoms. The van der Waals surface area contributed by atoms with Crippen LogP contribution in [-0.2, 0) is 20.1 Å². The van der Waals surface area contributed by atoms with Gasteiger partial charge in [-0.1, -0.05) is 30.3 Å². The standard InChI is InChI=1S/C17H22N8/c1-18-17(20-10-16-21-12-22-25(16)3)24(2)11-15-19-9-14(23-15)13-7-5-4-6-8-13/h4-9,12H,10-11H2,1-3H3,(H,18,20)(H,19,23). The summed E-state index contributed by atoms with van der Waals surface area (Å²) in [7, 11) is 5.59. The summed E-state index contributed by atoms with van der Waals surface area (Å²) in [6, 6.07) is 10.1. The van der Waals surface area contributed by atoms with Gasteiger partial charge >= 0.3 is 0 Å². The minimum atomic E-state index is 0.556. The van der Waals surface area contributed by atoms with E-state index in [1.54, 1.807) is 11.7 Å². The van der Waals surface area contributed by atoms with Crippen LogP contribution >= 0.6 is 0 Å². The number of benzene rings is 1. The Hall–Kier alpha value is -3.16. The highest BCUT2D eigenvalue weighted by Crippen LogP contribution is 2.16. The zero-order chi connectivity index (χ0) is 17.6. The van der Waals surface area contributed by atoms with Crippen molar-refractivity contribution in [3.63, 3.8) is 0 Å². The summed E-state index contributed by atoms with van der Waals surface area (Å²) >= 11 is 0. The summed E-state index contributed by atoms with van der Waals surface area (Å²) in [6.45, 7) is 1.17. The fourth-order valence-electron chi connectivity index (χ4n) is 2.53. The maximum Gasteiger partial charge on any atom is 0.194 e. The number of guanidine groups is 1. The molecule has 2 N–H and O–H groups in total. The van der Waals surface area contributed by atoms with Gasteiger partial charge in [0.25, 0.3) is 0 Å². The van der Waals surface area contributed by atoms with Gasteiger partial charge in [0.05, 0.1) is 25.0 Å². The molecule has 8 nitrogen and oxygen atoms in total. The SMILES string of the molecule is CN=C(NCc1ncnn1C)N(C)Cc1ncc(-c2ccccc2)[nH]1. The normalized spacial score (nSPS) is 11.6. The van der Waals surface area contributed by atoms with Crippen LogP contribution in [0.15, 0.2) is 47.8 Å². The molecule has 8 heteroatoms. The molecule has 0 aliphatic rings. The van der Waals surface area contributed by atoms with E-state index in [2.05, 4.69) is 42.5 Å². The number of aromatic nitrogens is 5. The van der Waals surface area contributed by atoms with Crippen molar-refractivity contribution in [2.24, 2.45) is 12.0 Å². The molecular formula is C17H22N8. The van der Waals surface area contributed by atoms with Crippen LogP contribution in [0, 0.1) is 0 Å². The lowest BCUT2D eigenvalue weighted by Gasteiger charge is -2.20. The molecule has 2 aromatic heterocycles. The Labute approximate surface area is 146 Å². The van der Waals surface area contributed by atoms with Gasteiger partial charge in [-0.2, -0.15) is 5.10 Å². The number of aryl methyl sites for hydroxylation is 1. The molecule has 0 atom stereocenters. The molecular weight excluding hydrogens is 316 g/mol. The number of rotatable bonds is 5. The topological polar surface area (TPSA) is 87.0 Å². The van der Waals surface area contributed by atoms with E-state index in [1.165, 1.54) is 6.33 Å². The van der Waals surface area contributed by atoms with E-state index < -0.39 is 0 Å². The first kappa shape index (κ1) is 16.7. The molecule has 1 aromatic carbocycles. The zero-order valence-corrected chi connectivity index (χ0v) is 14.6. The molecule has 130 valence electrons. The van der Waals surface area contributed by atoms with Crippen LogP contribution in [0.2, 0.25) is 0 Å². The second-order valence-corrected chi connectivity index (χ2v) is 5.67. The molecule has 0 spiro atoms. The molecule has 0 fully saturated rings. The number of H-pyrrole nitrogens is 1. The molecule has 0 saturated carbocycles. The van der Waals surface area contributed by atoms with Gasteiger partial charge in [-0.3, -0.25) is 9.67 Å². The van der Waals surface area contributed by atoms with Gasteiger partial charge in [-0.25, -0.2) is 9.97 Å². The molecule has 0 saturated heterocycles. The quantitative estimate of drug-likeness (QED) is 0.543. The molecule has 0 amide bonds. The van der Waals surface area contributed by atoms with Crippen LogP contribution in [0.1, 0.15) is 11.6 Å². The Morgan fingerprint density at radius 3 is 2.76 bits per heavy atom. The third-order valence-corrected chi connectivity index (χ3v) is 3.88. The lowest BCUT2D eigenvalue weighted by Crippen LogP contribution is -2.38. The summed E-state index contributed by atoms with van der Waals surface area (Å²) in [4.78, 5) is 18.3. The minimum absolute atomic E-state index is 0.556. The summed E-state index contributed by atoms with van der Waals surface area (Å²) in [5, 5.41) is 7.34. The van der Waals surface area contributed by atoms with Crippen molar-refractivity contribution in [1.82, 2.24) is 34.9 Å². The zero-order valence-electron chi connectivity index (χ0n) is 14.6. The summed E-state index contributed by atoms with van der Waals surface area (Å²) in [6.07, 6.45) is 3.39. The average molecular weight is 338 g/mol. The van der Waals surface area contributed by atoms with E-state index in [1.807, 2.05) is 43.4 Å². The number of aliphatic imine (C=N–C) groups is 1. The van der Waals surface area contributed by atoms with E-state index in [4.69, 9.17) is 0 Å². The number of hydrogen-bond donors (Lipinski definition) is 2. The number of hydrogen-bond acceptors (Lipinski definition) is 4. The van der Waals surface area contributed by atoms with Gasteiger partial charge in [-0.05, 0) is 5.56 Å². The van der Waals surface area contributed by atoms with Gasteiger partial charge < -0.3 is 15.2 Å². The average Bonchev–Trinajstić information content (AvgIpc) is 3.25. The summed E-state index contributed by atoms with van der Waals surface area (Å²) in [5.41, 5.74) is 2.12. The molecule has 3 rings (SSSR count). The summed E-state index contributed by atoms with van der Waals surface area (Å²) < 4.78 is 1.74. The molecule has 3 aromatic rings. The predicted molar refractivity (Wildman–Crippen MR) is 96.7 cm³/mol. The van der Waals surface area contributed by atoms with Gasteiger partial charge in [0, 0.05) is 21.1 Å². The van der Waals surface area contributed by atoms with Crippen molar-refractivity contribution in [1.29, 1.82) is 0 Å². The summed E-state index contributed by atoms with van der Waals surface area (Å²) in [5.74, 6) is 2.49. The lowest BCUT2D eigenvalue weighted by atomic mass is 10.2. The Bertz CT molecular complexity index is 833. The molecule has 2 heterocycles. The Balaban J connectivity index is 1.61. The number of nitrogens with one attached hydrogen (secondary N) is 2. The molecule has 0 aliphatic carbocycles. The fraction of sp³-hybridized carbons (Fsp3) is 0.294. The van der Waals surface area contributed by atoms with Gasteiger partial charge in [0.2, 0.25) is 0 Å². The maximum absolute atomic E-state index is 4.47. The number of nitrogens with zero attached hydrogens (tertiary/aromatic N) is 6. The van der Waals surface area contributed by atoms with E-state index in [-0.39, 0.29) is 0 Å². The van der Waals surface area contributed by atoms with Crippen molar-refractivity contribution < 1.29 is 0 Å². The first-order valence-electron chi connectivity index (χ1n) is 8.01. The second kappa shape index (κ2) is 7.61. The monoisotopic (exact) mass is 338 g/mol. The number of imidazole rings is 1. The Morgan fingerprint density at radius 1 is 1.28 bits per heavy atom. The second-order valence-electron chi connectivity index (χ2n) is 5.67. The Kier molecular flexibility index (Phi) is 5.08. The van der Waals surface area contributed by atoms with Crippen LogP contribution < -0.4 is 5.32 Å². The van der Waals surface area contributed by atoms with Crippen LogP contribution in [0.5, 0.6) is 0 Å². The third-order valence-electron chi connectivity index (χ3n) is 3.88. The van der Waals surface area contributed by atoms with E-state index in [9.17, 15) is 0 Å². The van der Waals surface area contributed by atoms with Crippen molar-refractivity contribution >= 4 is 5.96 Å². The highest BCUT2D eigenvalue weighted by molar-refractivity contribution is 5.79. The van der Waals surface area contributed by atoms with Gasteiger partial charge in [-0.15, -0.1) is 0 Å². The molecule has 0 unspecified atom stereocenters. The fourth-order valence-corrected chi connectivity index (χ4v) is 2.53. The van der Waals surface area contributed by atoms with Gasteiger partial charge in [0.15, 0.2) is 5.96 Å². The first-order chi connectivity index (χ1) is 12.2. The minimum Gasteiger partial charge on any atom is -0.349 e. The molecule has 0 radical (unpaired) electrons. The predicted octanol–water partition coefficient (Wildman–Crippen LogP) is 1.41. The first-order valence-corrected chi connectivity index (χ1v) is 8.01. The number of aromatic amines is 1. The maximum atomic E-state index is 4.47. The largest absolute Gasteiger partial charge is 0.349 e. The molecule has 0 bridgehead atoms. The highest BCUT2D eigenvalue weighted by Gasteiger charge is 2.11. The van der Waals surface area contributed by atoms with Crippen LogP contribution in [0.25, 0.3) is 11.3 Å². The molecule has 0 aliphatic heterocycles. The smallest absolute Gasteiger partial charge is 0.194 e. The van der Waals surface area contributed by atoms with Crippen molar-refractivity contribution in [2.75, 3.05) is 14.1 Å². The van der Waals surface area contributed by atoms with E-state index in [0.717, 1.165) is 28.9 Å². The highest BCUT2D eigenvalue weighted by atomic mass is 15.3. The third kappa shape index (κ3) is 4.03. The van der Waals surface area contributed by atoms with Crippen LogP contribution in [0.3, 0.4) is 0 Å². The van der Waals surface area contributed by atoms with E-state index in [0.29, 0.717) is 13.1 Å². The van der Waals surface area contributed by atoms with Crippen molar-refractivity contribution in [2.45, 2.75) is 13.1 Å². The van der Waals surface area contributed by atoms with Gasteiger partial charge in [0.1, 0.15) is 18.0 Å². The van der Waals surface area contributed by atoms with E-state index >= 15 is 0 Å². The lowest BCUT2D eigenvalue weighted by molar-refractivity contribution is 0.461. The van der Waals surface area contributed by atoms with Crippen LogP contribution in [-0.4, -0.2) is 49.7 Å². The van der Waals surface area contributed by atoms with Crippen molar-refractivity contribution in [3.8, 4) is 11.3 Å². The Morgan fingerprint density at radius 2 is 2.08 bits per heavy atom.